The van der Waals surface area contributed by atoms with E-state index in [0.717, 1.165) is 32.5 Å². The molecule has 3 nitrogen and oxygen atoms in total. The quantitative estimate of drug-likeness (QED) is 0.594. The van der Waals surface area contributed by atoms with E-state index in [-0.39, 0.29) is 11.6 Å². The summed E-state index contributed by atoms with van der Waals surface area (Å²) >= 11 is 0. The molecule has 0 radical (unpaired) electrons. The first-order valence-electron chi connectivity index (χ1n) is 4.29. The van der Waals surface area contributed by atoms with Crippen LogP contribution in [0.5, 0.6) is 0 Å². The van der Waals surface area contributed by atoms with Crippen molar-refractivity contribution in [3.8, 4) is 0 Å². The molecule has 3 heteroatoms. The molecule has 2 rings (SSSR count). The van der Waals surface area contributed by atoms with E-state index < -0.39 is 0 Å². The zero-order valence-electron chi connectivity index (χ0n) is 6.71. The van der Waals surface area contributed by atoms with Gasteiger partial charge >= 0.3 is 0 Å². The SMILES string of the molecule is NC1(C2CCCO2)CCOC1. The van der Waals surface area contributed by atoms with E-state index in [9.17, 15) is 0 Å². The van der Waals surface area contributed by atoms with E-state index in [1.807, 2.05) is 0 Å². The molecule has 2 aliphatic rings. The number of ether oxygens (including phenoxy) is 2. The van der Waals surface area contributed by atoms with Crippen LogP contribution >= 0.6 is 0 Å². The summed E-state index contributed by atoms with van der Waals surface area (Å²) in [5.41, 5.74) is 5.94. The molecule has 0 aromatic heterocycles. The molecule has 0 aromatic rings. The van der Waals surface area contributed by atoms with Gasteiger partial charge in [0.25, 0.3) is 0 Å². The second-order valence-electron chi connectivity index (χ2n) is 3.54. The largest absolute Gasteiger partial charge is 0.379 e. The zero-order valence-corrected chi connectivity index (χ0v) is 6.71. The van der Waals surface area contributed by atoms with Crippen LogP contribution in [0.4, 0.5) is 0 Å². The van der Waals surface area contributed by atoms with Crippen molar-refractivity contribution in [2.24, 2.45) is 5.73 Å². The van der Waals surface area contributed by atoms with Gasteiger partial charge in [-0.15, -0.1) is 0 Å². The fourth-order valence-corrected chi connectivity index (χ4v) is 1.88. The summed E-state index contributed by atoms with van der Waals surface area (Å²) in [5.74, 6) is 0. The predicted molar refractivity (Wildman–Crippen MR) is 41.3 cm³/mol. The minimum atomic E-state index is -0.170. The van der Waals surface area contributed by atoms with Gasteiger partial charge in [0.1, 0.15) is 0 Å². The summed E-state index contributed by atoms with van der Waals surface area (Å²) in [7, 11) is 0. The van der Waals surface area contributed by atoms with Gasteiger partial charge in [-0.1, -0.05) is 0 Å². The van der Waals surface area contributed by atoms with Crippen molar-refractivity contribution in [2.75, 3.05) is 19.8 Å². The van der Waals surface area contributed by atoms with Crippen molar-refractivity contribution in [1.29, 1.82) is 0 Å². The molecular weight excluding hydrogens is 142 g/mol. The molecule has 64 valence electrons. The summed E-state index contributed by atoms with van der Waals surface area (Å²) in [4.78, 5) is 0. The molecule has 2 unspecified atom stereocenters. The number of hydrogen-bond donors (Lipinski definition) is 1. The lowest BCUT2D eigenvalue weighted by atomic mass is 9.91. The van der Waals surface area contributed by atoms with E-state index >= 15 is 0 Å². The Hall–Kier alpha value is -0.120. The van der Waals surface area contributed by atoms with Crippen molar-refractivity contribution >= 4 is 0 Å². The van der Waals surface area contributed by atoms with Gasteiger partial charge in [-0.05, 0) is 19.3 Å². The minimum absolute atomic E-state index is 0.170. The lowest BCUT2D eigenvalue weighted by Crippen LogP contribution is -2.51. The Balaban J connectivity index is 2.00. The van der Waals surface area contributed by atoms with Crippen LogP contribution in [0.2, 0.25) is 0 Å². The van der Waals surface area contributed by atoms with Crippen LogP contribution in [0.15, 0.2) is 0 Å². The zero-order chi connectivity index (χ0) is 7.73. The van der Waals surface area contributed by atoms with Crippen LogP contribution in [0, 0.1) is 0 Å². The standard InChI is InChI=1S/C8H15NO2/c9-8(3-5-10-6-8)7-2-1-4-11-7/h7H,1-6,9H2. The van der Waals surface area contributed by atoms with E-state index in [2.05, 4.69) is 0 Å². The third kappa shape index (κ3) is 1.28. The maximum atomic E-state index is 6.11. The molecule has 2 fully saturated rings. The van der Waals surface area contributed by atoms with Crippen molar-refractivity contribution in [3.63, 3.8) is 0 Å². The molecule has 0 bridgehead atoms. The highest BCUT2D eigenvalue weighted by Crippen LogP contribution is 2.28. The molecule has 2 saturated heterocycles. The first-order chi connectivity index (χ1) is 5.31. The van der Waals surface area contributed by atoms with Gasteiger partial charge < -0.3 is 15.2 Å². The van der Waals surface area contributed by atoms with Crippen LogP contribution in [-0.4, -0.2) is 31.5 Å². The van der Waals surface area contributed by atoms with E-state index in [0.29, 0.717) is 6.61 Å². The fraction of sp³-hybridized carbons (Fsp3) is 1.00. The van der Waals surface area contributed by atoms with Crippen molar-refractivity contribution < 1.29 is 9.47 Å². The van der Waals surface area contributed by atoms with Crippen LogP contribution < -0.4 is 5.73 Å². The average Bonchev–Trinajstić information content (AvgIpc) is 2.55. The van der Waals surface area contributed by atoms with Crippen LogP contribution in [0.3, 0.4) is 0 Å². The van der Waals surface area contributed by atoms with Crippen molar-refractivity contribution in [1.82, 2.24) is 0 Å². The first-order valence-corrected chi connectivity index (χ1v) is 4.29. The van der Waals surface area contributed by atoms with Gasteiger partial charge in [0.05, 0.1) is 18.2 Å². The molecular formula is C8H15NO2. The van der Waals surface area contributed by atoms with Gasteiger partial charge in [0.15, 0.2) is 0 Å². The second-order valence-corrected chi connectivity index (χ2v) is 3.54. The minimum Gasteiger partial charge on any atom is -0.379 e. The summed E-state index contributed by atoms with van der Waals surface area (Å²) in [5, 5.41) is 0. The van der Waals surface area contributed by atoms with Gasteiger partial charge in [-0.25, -0.2) is 0 Å². The molecule has 0 spiro atoms. The first kappa shape index (κ1) is 7.53. The maximum absolute atomic E-state index is 6.11. The third-order valence-corrected chi connectivity index (χ3v) is 2.65. The Morgan fingerprint density at radius 3 is 2.82 bits per heavy atom. The number of rotatable bonds is 1. The van der Waals surface area contributed by atoms with Crippen molar-refractivity contribution in [3.05, 3.63) is 0 Å². The molecule has 2 aliphatic heterocycles. The topological polar surface area (TPSA) is 44.5 Å². The molecule has 0 saturated carbocycles. The van der Waals surface area contributed by atoms with Gasteiger partial charge in [-0.2, -0.15) is 0 Å². The van der Waals surface area contributed by atoms with Gasteiger partial charge in [0, 0.05) is 13.2 Å². The Morgan fingerprint density at radius 2 is 2.27 bits per heavy atom. The lowest BCUT2D eigenvalue weighted by Gasteiger charge is -2.28. The van der Waals surface area contributed by atoms with E-state index in [1.54, 1.807) is 0 Å². The number of hydrogen-bond acceptors (Lipinski definition) is 3. The average molecular weight is 157 g/mol. The summed E-state index contributed by atoms with van der Waals surface area (Å²) in [6, 6.07) is 0. The Morgan fingerprint density at radius 1 is 1.36 bits per heavy atom. The van der Waals surface area contributed by atoms with Gasteiger partial charge in [0.2, 0.25) is 0 Å². The normalized spacial score (nSPS) is 45.0. The molecule has 0 amide bonds. The predicted octanol–water partition coefficient (Wildman–Crippen LogP) is 0.283. The third-order valence-electron chi connectivity index (χ3n) is 2.65. The fourth-order valence-electron chi connectivity index (χ4n) is 1.88. The number of nitrogens with two attached hydrogens (primary N) is 1. The highest BCUT2D eigenvalue weighted by atomic mass is 16.5. The molecule has 2 heterocycles. The Labute approximate surface area is 66.8 Å². The summed E-state index contributed by atoms with van der Waals surface area (Å²) < 4.78 is 10.8. The van der Waals surface area contributed by atoms with E-state index in [4.69, 9.17) is 15.2 Å². The Kier molecular flexibility index (Phi) is 1.87. The van der Waals surface area contributed by atoms with Crippen molar-refractivity contribution in [2.45, 2.75) is 30.9 Å². The monoisotopic (exact) mass is 157 g/mol. The Bertz CT molecular complexity index is 137. The molecule has 11 heavy (non-hydrogen) atoms. The molecule has 0 aliphatic carbocycles. The summed E-state index contributed by atoms with van der Waals surface area (Å²) in [6.07, 6.45) is 3.48. The van der Waals surface area contributed by atoms with Crippen LogP contribution in [0.25, 0.3) is 0 Å². The smallest absolute Gasteiger partial charge is 0.0778 e. The maximum Gasteiger partial charge on any atom is 0.0778 e. The molecule has 2 atom stereocenters. The van der Waals surface area contributed by atoms with Crippen LogP contribution in [-0.2, 0) is 9.47 Å². The summed E-state index contributed by atoms with van der Waals surface area (Å²) in [6.45, 7) is 2.36. The highest BCUT2D eigenvalue weighted by Gasteiger charge is 2.40. The molecule has 2 N–H and O–H groups in total. The van der Waals surface area contributed by atoms with E-state index in [1.165, 1.54) is 0 Å². The van der Waals surface area contributed by atoms with Gasteiger partial charge in [-0.3, -0.25) is 0 Å². The highest BCUT2D eigenvalue weighted by molar-refractivity contribution is 4.97. The second kappa shape index (κ2) is 2.73. The van der Waals surface area contributed by atoms with Crippen LogP contribution in [0.1, 0.15) is 19.3 Å². The lowest BCUT2D eigenvalue weighted by molar-refractivity contribution is 0.0388. The molecule has 0 aromatic carbocycles.